The lowest BCUT2D eigenvalue weighted by atomic mass is 9.98. The van der Waals surface area contributed by atoms with Crippen molar-refractivity contribution in [3.05, 3.63) is 89.4 Å². The largest absolute Gasteiger partial charge is 0.416 e. The summed E-state index contributed by atoms with van der Waals surface area (Å²) < 4.78 is 57.7. The second kappa shape index (κ2) is 10.1. The van der Waals surface area contributed by atoms with Crippen LogP contribution in [0.3, 0.4) is 0 Å². The van der Waals surface area contributed by atoms with Gasteiger partial charge in [-0.3, -0.25) is 0 Å². The Bertz CT molecular complexity index is 906. The Morgan fingerprint density at radius 3 is 2.58 bits per heavy atom. The zero-order valence-electron chi connectivity index (χ0n) is 17.7. The van der Waals surface area contributed by atoms with E-state index in [-0.39, 0.29) is 17.7 Å². The summed E-state index contributed by atoms with van der Waals surface area (Å²) >= 11 is 0. The van der Waals surface area contributed by atoms with Crippen molar-refractivity contribution in [3.8, 4) is 0 Å². The van der Waals surface area contributed by atoms with Gasteiger partial charge in [0.05, 0.1) is 18.8 Å². The molecule has 2 atom stereocenters. The van der Waals surface area contributed by atoms with Crippen molar-refractivity contribution in [2.24, 2.45) is 11.8 Å². The monoisotopic (exact) mass is 433 g/mol. The van der Waals surface area contributed by atoms with Gasteiger partial charge in [-0.1, -0.05) is 42.5 Å². The molecule has 0 spiro atoms. The first-order chi connectivity index (χ1) is 14.8. The predicted molar refractivity (Wildman–Crippen MR) is 116 cm³/mol. The molecular formula is C25H27F4NO. The molecule has 0 N–H and O–H groups in total. The Morgan fingerprint density at radius 1 is 1.19 bits per heavy atom. The molecule has 0 radical (unpaired) electrons. The molecule has 1 aliphatic heterocycles. The average Bonchev–Trinajstić information content (AvgIpc) is 3.06. The molecule has 2 unspecified atom stereocenters. The highest BCUT2D eigenvalue weighted by Gasteiger charge is 2.30. The molecule has 1 aromatic rings. The Balaban J connectivity index is 1.66. The molecule has 31 heavy (non-hydrogen) atoms. The third-order valence-corrected chi connectivity index (χ3v) is 5.36. The van der Waals surface area contributed by atoms with Gasteiger partial charge < -0.3 is 9.64 Å². The number of hydrogen-bond acceptors (Lipinski definition) is 2. The Hall–Kier alpha value is -2.60. The van der Waals surface area contributed by atoms with Crippen LogP contribution in [-0.4, -0.2) is 31.7 Å². The second-order valence-electron chi connectivity index (χ2n) is 7.86. The smallest absolute Gasteiger partial charge is 0.375 e. The zero-order chi connectivity index (χ0) is 22.4. The highest BCUT2D eigenvalue weighted by molar-refractivity contribution is 5.74. The molecule has 0 fully saturated rings. The third kappa shape index (κ3) is 6.44. The molecule has 1 heterocycles. The van der Waals surface area contributed by atoms with E-state index in [9.17, 15) is 17.6 Å². The van der Waals surface area contributed by atoms with Crippen LogP contribution in [0.25, 0.3) is 5.57 Å². The van der Waals surface area contributed by atoms with E-state index in [1.807, 2.05) is 32.2 Å². The summed E-state index contributed by atoms with van der Waals surface area (Å²) in [4.78, 5) is 2.11. The summed E-state index contributed by atoms with van der Waals surface area (Å²) in [5.41, 5.74) is 2.01. The molecule has 2 aliphatic rings. The maximum absolute atomic E-state index is 13.3. The topological polar surface area (TPSA) is 12.5 Å². The fraction of sp³-hybridized carbons (Fsp3) is 0.360. The maximum Gasteiger partial charge on any atom is 0.416 e. The van der Waals surface area contributed by atoms with Crippen LogP contribution >= 0.6 is 0 Å². The average molecular weight is 433 g/mol. The van der Waals surface area contributed by atoms with Crippen molar-refractivity contribution in [2.75, 3.05) is 26.8 Å². The number of likely N-dealkylation sites (N-methyl/N-ethyl adjacent to an activating group) is 1. The molecule has 0 saturated carbocycles. The van der Waals surface area contributed by atoms with Gasteiger partial charge in [0, 0.05) is 31.1 Å². The van der Waals surface area contributed by atoms with Crippen LogP contribution in [0.4, 0.5) is 17.6 Å². The molecule has 0 aromatic heterocycles. The Labute approximate surface area is 180 Å². The first-order valence-corrected chi connectivity index (χ1v) is 10.3. The zero-order valence-corrected chi connectivity index (χ0v) is 17.7. The Morgan fingerprint density at radius 2 is 1.94 bits per heavy atom. The molecule has 166 valence electrons. The first-order valence-electron chi connectivity index (χ1n) is 10.3. The van der Waals surface area contributed by atoms with Crippen LogP contribution in [0.2, 0.25) is 0 Å². The highest BCUT2D eigenvalue weighted by Crippen LogP contribution is 2.31. The van der Waals surface area contributed by atoms with Gasteiger partial charge in [0.25, 0.3) is 0 Å². The lowest BCUT2D eigenvalue weighted by Gasteiger charge is -2.19. The second-order valence-corrected chi connectivity index (χ2v) is 7.86. The van der Waals surface area contributed by atoms with E-state index in [4.69, 9.17) is 4.74 Å². The molecule has 0 bridgehead atoms. The fourth-order valence-corrected chi connectivity index (χ4v) is 3.76. The van der Waals surface area contributed by atoms with Gasteiger partial charge in [0.2, 0.25) is 0 Å². The van der Waals surface area contributed by atoms with Crippen LogP contribution in [0.5, 0.6) is 0 Å². The number of ether oxygens (including phenoxy) is 1. The van der Waals surface area contributed by atoms with Crippen molar-refractivity contribution in [2.45, 2.75) is 19.5 Å². The van der Waals surface area contributed by atoms with Crippen molar-refractivity contribution in [3.63, 3.8) is 0 Å². The number of alkyl halides is 3. The van der Waals surface area contributed by atoms with Gasteiger partial charge in [-0.05, 0) is 48.8 Å². The van der Waals surface area contributed by atoms with Crippen molar-refractivity contribution < 1.29 is 22.3 Å². The minimum absolute atomic E-state index is 0.0500. The van der Waals surface area contributed by atoms with Crippen LogP contribution in [0, 0.1) is 11.8 Å². The molecule has 6 heteroatoms. The summed E-state index contributed by atoms with van der Waals surface area (Å²) in [6.45, 7) is 3.54. The molecule has 1 aromatic carbocycles. The number of allylic oxidation sites excluding steroid dienone is 6. The number of nitrogens with zero attached hydrogens (tertiary/aromatic N) is 1. The summed E-state index contributed by atoms with van der Waals surface area (Å²) in [5, 5.41) is 0. The van der Waals surface area contributed by atoms with E-state index in [0.29, 0.717) is 13.2 Å². The lowest BCUT2D eigenvalue weighted by molar-refractivity contribution is -0.137. The van der Waals surface area contributed by atoms with Crippen molar-refractivity contribution in [1.29, 1.82) is 0 Å². The third-order valence-electron chi connectivity index (χ3n) is 5.36. The van der Waals surface area contributed by atoms with Crippen LogP contribution in [-0.2, 0) is 10.9 Å². The van der Waals surface area contributed by atoms with Gasteiger partial charge in [0.1, 0.15) is 5.83 Å². The summed E-state index contributed by atoms with van der Waals surface area (Å²) in [6, 6.07) is 5.24. The van der Waals surface area contributed by atoms with Gasteiger partial charge in [-0.15, -0.1) is 0 Å². The lowest BCUT2D eigenvalue weighted by Crippen LogP contribution is -2.20. The first kappa shape index (κ1) is 23.1. The van der Waals surface area contributed by atoms with Crippen molar-refractivity contribution >= 4 is 5.57 Å². The summed E-state index contributed by atoms with van der Waals surface area (Å²) in [6.07, 6.45) is 9.27. The number of hydrogen-bond donors (Lipinski definition) is 0. The van der Waals surface area contributed by atoms with E-state index < -0.39 is 11.7 Å². The quantitative estimate of drug-likeness (QED) is 0.357. The highest BCUT2D eigenvalue weighted by atomic mass is 19.4. The molecule has 2 nitrogen and oxygen atoms in total. The van der Waals surface area contributed by atoms with E-state index in [2.05, 4.69) is 17.1 Å². The minimum Gasteiger partial charge on any atom is -0.375 e. The van der Waals surface area contributed by atoms with Crippen LogP contribution < -0.4 is 0 Å². The number of benzene rings is 1. The predicted octanol–water partition coefficient (Wildman–Crippen LogP) is 6.56. The molecule has 0 saturated heterocycles. The SMILES string of the molecule is C/C=C\C(=C/C1C=C(COCC2C=C(F)C=CC2)N(C)C1)c1ccc(C(F)(F)F)cc1. The van der Waals surface area contributed by atoms with E-state index in [1.165, 1.54) is 18.2 Å². The van der Waals surface area contributed by atoms with Crippen LogP contribution in [0.1, 0.15) is 24.5 Å². The van der Waals surface area contributed by atoms with E-state index in [1.54, 1.807) is 6.08 Å². The van der Waals surface area contributed by atoms with Gasteiger partial charge in [-0.2, -0.15) is 13.2 Å². The molecule has 0 amide bonds. The van der Waals surface area contributed by atoms with Crippen LogP contribution in [0.15, 0.2) is 78.3 Å². The minimum atomic E-state index is -4.34. The summed E-state index contributed by atoms with van der Waals surface area (Å²) in [7, 11) is 1.99. The molecule has 1 aliphatic carbocycles. The maximum atomic E-state index is 13.3. The standard InChI is InChI=1S/C25H27F4NO/c1-3-5-21(20-8-10-22(11-9-20)25(27,28)29)12-19-14-24(30(2)15-19)17-31-16-18-6-4-7-23(26)13-18/h3-5,7-14,18-19H,6,15-17H2,1-2H3/b5-3-,21-12+. The van der Waals surface area contributed by atoms with E-state index >= 15 is 0 Å². The number of halogens is 4. The Kier molecular flexibility index (Phi) is 7.55. The fourth-order valence-electron chi connectivity index (χ4n) is 3.76. The van der Waals surface area contributed by atoms with Gasteiger partial charge in [-0.25, -0.2) is 4.39 Å². The normalized spacial score (nSPS) is 22.3. The number of rotatable bonds is 7. The van der Waals surface area contributed by atoms with Crippen molar-refractivity contribution in [1.82, 2.24) is 4.90 Å². The van der Waals surface area contributed by atoms with Gasteiger partial charge in [0.15, 0.2) is 0 Å². The summed E-state index contributed by atoms with van der Waals surface area (Å²) in [5.74, 6) is -0.0527. The van der Waals surface area contributed by atoms with E-state index in [0.717, 1.165) is 41.9 Å². The molecular weight excluding hydrogens is 406 g/mol. The molecule has 3 rings (SSSR count). The van der Waals surface area contributed by atoms with Gasteiger partial charge >= 0.3 is 6.18 Å².